The SMILES string of the molecule is O=C(/C=C/c1ccco1)N1CCN(c2cccc(Cl)c2)CC1. The van der Waals surface area contributed by atoms with Crippen LogP contribution in [0.3, 0.4) is 0 Å². The van der Waals surface area contributed by atoms with Crippen LogP contribution >= 0.6 is 11.6 Å². The molecule has 1 fully saturated rings. The van der Waals surface area contributed by atoms with Crippen LogP contribution in [0.25, 0.3) is 6.08 Å². The Bertz CT molecular complexity index is 659. The average Bonchev–Trinajstić information content (AvgIpc) is 3.06. The molecule has 1 aromatic heterocycles. The van der Waals surface area contributed by atoms with Crippen LogP contribution < -0.4 is 4.90 Å². The highest BCUT2D eigenvalue weighted by Crippen LogP contribution is 2.20. The third-order valence-corrected chi connectivity index (χ3v) is 3.93. The molecule has 1 aromatic carbocycles. The van der Waals surface area contributed by atoms with Gasteiger partial charge in [0.2, 0.25) is 5.91 Å². The van der Waals surface area contributed by atoms with E-state index in [0.717, 1.165) is 23.8 Å². The van der Waals surface area contributed by atoms with E-state index in [2.05, 4.69) is 4.90 Å². The van der Waals surface area contributed by atoms with Crippen molar-refractivity contribution in [2.45, 2.75) is 0 Å². The molecule has 4 nitrogen and oxygen atoms in total. The fourth-order valence-corrected chi connectivity index (χ4v) is 2.69. The summed E-state index contributed by atoms with van der Waals surface area (Å²) in [5, 5.41) is 0.734. The summed E-state index contributed by atoms with van der Waals surface area (Å²) < 4.78 is 5.18. The first-order valence-electron chi connectivity index (χ1n) is 7.23. The van der Waals surface area contributed by atoms with E-state index in [1.54, 1.807) is 24.5 Å². The lowest BCUT2D eigenvalue weighted by Gasteiger charge is -2.35. The van der Waals surface area contributed by atoms with Gasteiger partial charge in [-0.15, -0.1) is 0 Å². The normalized spacial score (nSPS) is 15.5. The van der Waals surface area contributed by atoms with Crippen molar-refractivity contribution in [3.8, 4) is 0 Å². The molecule has 3 rings (SSSR count). The van der Waals surface area contributed by atoms with E-state index >= 15 is 0 Å². The van der Waals surface area contributed by atoms with Crippen LogP contribution in [0.1, 0.15) is 5.76 Å². The van der Waals surface area contributed by atoms with Crippen molar-refractivity contribution in [2.24, 2.45) is 0 Å². The van der Waals surface area contributed by atoms with Crippen molar-refractivity contribution in [3.63, 3.8) is 0 Å². The molecule has 1 amide bonds. The average molecular weight is 317 g/mol. The standard InChI is InChI=1S/C17H17ClN2O2/c18-14-3-1-4-15(13-14)19-8-10-20(11-9-19)17(21)7-6-16-5-2-12-22-16/h1-7,12-13H,8-11H2/b7-6+. The summed E-state index contributed by atoms with van der Waals surface area (Å²) in [6.07, 6.45) is 4.85. The lowest BCUT2D eigenvalue weighted by atomic mass is 10.2. The highest BCUT2D eigenvalue weighted by Gasteiger charge is 2.19. The smallest absolute Gasteiger partial charge is 0.246 e. The summed E-state index contributed by atoms with van der Waals surface area (Å²) in [7, 11) is 0. The molecule has 0 spiro atoms. The molecule has 22 heavy (non-hydrogen) atoms. The third kappa shape index (κ3) is 3.52. The Morgan fingerprint density at radius 3 is 2.64 bits per heavy atom. The van der Waals surface area contributed by atoms with E-state index in [1.807, 2.05) is 35.2 Å². The quantitative estimate of drug-likeness (QED) is 0.815. The highest BCUT2D eigenvalue weighted by molar-refractivity contribution is 6.30. The number of amides is 1. The Morgan fingerprint density at radius 1 is 1.14 bits per heavy atom. The number of hydrogen-bond acceptors (Lipinski definition) is 3. The molecule has 1 aliphatic rings. The third-order valence-electron chi connectivity index (χ3n) is 3.70. The number of rotatable bonds is 3. The lowest BCUT2D eigenvalue weighted by molar-refractivity contribution is -0.126. The summed E-state index contributed by atoms with van der Waals surface area (Å²) in [4.78, 5) is 16.2. The number of benzene rings is 1. The van der Waals surface area contributed by atoms with Crippen LogP contribution in [-0.4, -0.2) is 37.0 Å². The molecule has 1 saturated heterocycles. The first-order chi connectivity index (χ1) is 10.7. The van der Waals surface area contributed by atoms with Gasteiger partial charge in [-0.25, -0.2) is 0 Å². The minimum atomic E-state index is 0.0159. The van der Waals surface area contributed by atoms with Crippen LogP contribution in [0.4, 0.5) is 5.69 Å². The zero-order valence-electron chi connectivity index (χ0n) is 12.1. The molecule has 0 bridgehead atoms. The largest absolute Gasteiger partial charge is 0.465 e. The number of carbonyl (C=O) groups excluding carboxylic acids is 1. The number of piperazine rings is 1. The van der Waals surface area contributed by atoms with E-state index in [9.17, 15) is 4.79 Å². The van der Waals surface area contributed by atoms with Gasteiger partial charge in [-0.2, -0.15) is 0 Å². The van der Waals surface area contributed by atoms with Crippen LogP contribution in [0.15, 0.2) is 53.2 Å². The topological polar surface area (TPSA) is 36.7 Å². The molecule has 2 aromatic rings. The van der Waals surface area contributed by atoms with Crippen molar-refractivity contribution in [2.75, 3.05) is 31.1 Å². The van der Waals surface area contributed by atoms with Gasteiger partial charge in [-0.3, -0.25) is 4.79 Å². The van der Waals surface area contributed by atoms with Gasteiger partial charge in [0.05, 0.1) is 6.26 Å². The van der Waals surface area contributed by atoms with Gasteiger partial charge in [0.1, 0.15) is 5.76 Å². The zero-order chi connectivity index (χ0) is 15.4. The maximum atomic E-state index is 12.1. The highest BCUT2D eigenvalue weighted by atomic mass is 35.5. The van der Waals surface area contributed by atoms with Gasteiger partial charge in [0, 0.05) is 43.0 Å². The number of anilines is 1. The molecule has 0 unspecified atom stereocenters. The Morgan fingerprint density at radius 2 is 1.95 bits per heavy atom. The van der Waals surface area contributed by atoms with E-state index in [-0.39, 0.29) is 5.91 Å². The Balaban J connectivity index is 1.56. The fourth-order valence-electron chi connectivity index (χ4n) is 2.50. The second-order valence-corrected chi connectivity index (χ2v) is 5.58. The predicted molar refractivity (Wildman–Crippen MR) is 88.0 cm³/mol. The Hall–Kier alpha value is -2.20. The molecular formula is C17H17ClN2O2. The van der Waals surface area contributed by atoms with Crippen molar-refractivity contribution in [1.29, 1.82) is 0 Å². The number of halogens is 1. The van der Waals surface area contributed by atoms with Crippen molar-refractivity contribution < 1.29 is 9.21 Å². The Kier molecular flexibility index (Phi) is 4.49. The van der Waals surface area contributed by atoms with Crippen LogP contribution in [0, 0.1) is 0 Å². The van der Waals surface area contributed by atoms with Crippen LogP contribution in [-0.2, 0) is 4.79 Å². The van der Waals surface area contributed by atoms with E-state index in [1.165, 1.54) is 0 Å². The van der Waals surface area contributed by atoms with Crippen molar-refractivity contribution in [3.05, 3.63) is 59.5 Å². The number of hydrogen-bond donors (Lipinski definition) is 0. The summed E-state index contributed by atoms with van der Waals surface area (Å²) in [5.41, 5.74) is 1.10. The van der Waals surface area contributed by atoms with E-state index < -0.39 is 0 Å². The lowest BCUT2D eigenvalue weighted by Crippen LogP contribution is -2.48. The molecule has 0 N–H and O–H groups in total. The van der Waals surface area contributed by atoms with Gasteiger partial charge in [0.15, 0.2) is 0 Å². The summed E-state index contributed by atoms with van der Waals surface area (Å²) in [5.74, 6) is 0.702. The Labute approximate surface area is 134 Å². The molecule has 0 saturated carbocycles. The second kappa shape index (κ2) is 6.71. The number of nitrogens with zero attached hydrogens (tertiary/aromatic N) is 2. The first kappa shape index (κ1) is 14.7. The van der Waals surface area contributed by atoms with Crippen molar-refractivity contribution >= 4 is 29.3 Å². The van der Waals surface area contributed by atoms with E-state index in [4.69, 9.17) is 16.0 Å². The molecular weight excluding hydrogens is 300 g/mol. The molecule has 1 aliphatic heterocycles. The number of furan rings is 1. The number of carbonyl (C=O) groups is 1. The molecule has 114 valence electrons. The van der Waals surface area contributed by atoms with Gasteiger partial charge >= 0.3 is 0 Å². The molecule has 5 heteroatoms. The second-order valence-electron chi connectivity index (χ2n) is 5.14. The predicted octanol–water partition coefficient (Wildman–Crippen LogP) is 3.30. The van der Waals surface area contributed by atoms with Crippen molar-refractivity contribution in [1.82, 2.24) is 4.90 Å². The molecule has 0 aliphatic carbocycles. The van der Waals surface area contributed by atoms with Gasteiger partial charge in [-0.1, -0.05) is 17.7 Å². The molecule has 0 radical (unpaired) electrons. The van der Waals surface area contributed by atoms with Crippen LogP contribution in [0.5, 0.6) is 0 Å². The van der Waals surface area contributed by atoms with Gasteiger partial charge in [0.25, 0.3) is 0 Å². The van der Waals surface area contributed by atoms with Gasteiger partial charge < -0.3 is 14.2 Å². The maximum absolute atomic E-state index is 12.1. The first-order valence-corrected chi connectivity index (χ1v) is 7.61. The minimum Gasteiger partial charge on any atom is -0.465 e. The van der Waals surface area contributed by atoms with Crippen LogP contribution in [0.2, 0.25) is 5.02 Å². The minimum absolute atomic E-state index is 0.0159. The fraction of sp³-hybridized carbons (Fsp3) is 0.235. The monoisotopic (exact) mass is 316 g/mol. The zero-order valence-corrected chi connectivity index (χ0v) is 12.9. The summed E-state index contributed by atoms with van der Waals surface area (Å²) in [6, 6.07) is 11.4. The summed E-state index contributed by atoms with van der Waals surface area (Å²) >= 11 is 6.02. The van der Waals surface area contributed by atoms with Gasteiger partial charge in [-0.05, 0) is 36.4 Å². The summed E-state index contributed by atoms with van der Waals surface area (Å²) in [6.45, 7) is 3.02. The maximum Gasteiger partial charge on any atom is 0.246 e. The molecule has 0 atom stereocenters. The van der Waals surface area contributed by atoms with E-state index in [0.29, 0.717) is 18.8 Å². The molecule has 2 heterocycles.